The fraction of sp³-hybridized carbons (Fsp3) is 1.00. The summed E-state index contributed by atoms with van der Waals surface area (Å²) >= 11 is 0. The van der Waals surface area contributed by atoms with Crippen molar-refractivity contribution in [1.29, 1.82) is 0 Å². The van der Waals surface area contributed by atoms with Gasteiger partial charge < -0.3 is 0 Å². The molecule has 0 N–H and O–H groups in total. The number of fused-ring (bicyclic) bond motifs is 2. The number of hydrogen-bond donors (Lipinski definition) is 0. The molecule has 0 amide bonds. The molecule has 2 aliphatic carbocycles. The van der Waals surface area contributed by atoms with Gasteiger partial charge in [-0.25, -0.2) is 4.39 Å². The van der Waals surface area contributed by atoms with E-state index in [9.17, 15) is 30.7 Å². The van der Waals surface area contributed by atoms with Crippen LogP contribution in [0.15, 0.2) is 0 Å². The van der Waals surface area contributed by atoms with Gasteiger partial charge in [0.25, 0.3) is 0 Å². The maximum atomic E-state index is 13.8. The van der Waals surface area contributed by atoms with Crippen LogP contribution in [0.4, 0.5) is 30.7 Å². The zero-order valence-electron chi connectivity index (χ0n) is 8.00. The van der Waals surface area contributed by atoms with Gasteiger partial charge in [0.05, 0.1) is 0 Å². The van der Waals surface area contributed by atoms with Crippen molar-refractivity contribution in [1.82, 2.24) is 0 Å². The highest BCUT2D eigenvalue weighted by Gasteiger charge is 2.77. The summed E-state index contributed by atoms with van der Waals surface area (Å²) in [4.78, 5) is 0. The van der Waals surface area contributed by atoms with Crippen molar-refractivity contribution in [3.63, 3.8) is 0 Å². The van der Waals surface area contributed by atoms with Crippen LogP contribution in [-0.4, -0.2) is 18.0 Å². The Morgan fingerprint density at radius 3 is 1.88 bits per heavy atom. The van der Waals surface area contributed by atoms with E-state index in [1.54, 1.807) is 0 Å². The Morgan fingerprint density at radius 2 is 1.50 bits per heavy atom. The van der Waals surface area contributed by atoms with Crippen LogP contribution in [0.25, 0.3) is 0 Å². The molecular formula is C9H9F7. The zero-order chi connectivity index (χ0) is 12.4. The third-order valence-electron chi connectivity index (χ3n) is 3.78. The number of alkyl halides is 7. The molecule has 4 atom stereocenters. The van der Waals surface area contributed by atoms with Crippen LogP contribution in [0, 0.1) is 17.8 Å². The Kier molecular flexibility index (Phi) is 2.28. The molecule has 94 valence electrons. The fourth-order valence-electron chi connectivity index (χ4n) is 3.21. The van der Waals surface area contributed by atoms with Crippen LogP contribution >= 0.6 is 0 Å². The summed E-state index contributed by atoms with van der Waals surface area (Å²) < 4.78 is 88.9. The van der Waals surface area contributed by atoms with E-state index >= 15 is 0 Å². The van der Waals surface area contributed by atoms with E-state index in [2.05, 4.69) is 0 Å². The SMILES string of the molecule is FC(F)(F)[C@@H]1[C@H]2CC[C@H](C2)[C@@]1(F)C(F)(F)F. The van der Waals surface area contributed by atoms with Gasteiger partial charge in [-0.1, -0.05) is 0 Å². The van der Waals surface area contributed by atoms with Crippen molar-refractivity contribution in [2.24, 2.45) is 17.8 Å². The third-order valence-corrected chi connectivity index (χ3v) is 3.78. The molecule has 2 bridgehead atoms. The summed E-state index contributed by atoms with van der Waals surface area (Å²) in [5, 5.41) is 0. The van der Waals surface area contributed by atoms with E-state index in [0.717, 1.165) is 0 Å². The van der Waals surface area contributed by atoms with Gasteiger partial charge in [-0.2, -0.15) is 26.3 Å². The van der Waals surface area contributed by atoms with Gasteiger partial charge in [-0.15, -0.1) is 0 Å². The molecule has 2 fully saturated rings. The van der Waals surface area contributed by atoms with Gasteiger partial charge in [0.2, 0.25) is 5.67 Å². The summed E-state index contributed by atoms with van der Waals surface area (Å²) in [5.41, 5.74) is -4.08. The molecule has 0 aromatic heterocycles. The lowest BCUT2D eigenvalue weighted by Gasteiger charge is -2.39. The van der Waals surface area contributed by atoms with Crippen LogP contribution < -0.4 is 0 Å². The monoisotopic (exact) mass is 250 g/mol. The first kappa shape index (κ1) is 12.0. The summed E-state index contributed by atoms with van der Waals surface area (Å²) in [5.74, 6) is -5.61. The standard InChI is InChI=1S/C9H9F7/c10-7(9(14,15)16)5-2-1-4(3-5)6(7)8(11,12)13/h4-6H,1-3H2/t4-,5+,6+,7-/m0/s1. The molecule has 2 rings (SSSR count). The Hall–Kier alpha value is -0.490. The first-order valence-electron chi connectivity index (χ1n) is 4.91. The van der Waals surface area contributed by atoms with Gasteiger partial charge >= 0.3 is 12.4 Å². The Bertz CT molecular complexity index is 291. The molecule has 0 unspecified atom stereocenters. The summed E-state index contributed by atoms with van der Waals surface area (Å²) in [6.07, 6.45) is -10.9. The number of rotatable bonds is 0. The van der Waals surface area contributed by atoms with Gasteiger partial charge in [-0.3, -0.25) is 0 Å². The normalized spacial score (nSPS) is 44.1. The minimum Gasteiger partial charge on any atom is -0.233 e. The predicted octanol–water partition coefficient (Wildman–Crippen LogP) is 3.87. The fourth-order valence-corrected chi connectivity index (χ4v) is 3.21. The average molecular weight is 250 g/mol. The molecule has 7 heteroatoms. The van der Waals surface area contributed by atoms with Crippen LogP contribution in [0.3, 0.4) is 0 Å². The summed E-state index contributed by atoms with van der Waals surface area (Å²) in [7, 11) is 0. The third kappa shape index (κ3) is 1.35. The number of hydrogen-bond acceptors (Lipinski definition) is 0. The second kappa shape index (κ2) is 3.04. The molecule has 0 aromatic rings. The van der Waals surface area contributed by atoms with E-state index in [1.807, 2.05) is 0 Å². The van der Waals surface area contributed by atoms with E-state index in [0.29, 0.717) is 0 Å². The second-order valence-corrected chi connectivity index (χ2v) is 4.56. The van der Waals surface area contributed by atoms with Crippen LogP contribution in [0.2, 0.25) is 0 Å². The van der Waals surface area contributed by atoms with Crippen molar-refractivity contribution < 1.29 is 30.7 Å². The zero-order valence-corrected chi connectivity index (χ0v) is 8.00. The van der Waals surface area contributed by atoms with E-state index in [1.165, 1.54) is 0 Å². The average Bonchev–Trinajstić information content (AvgIpc) is 2.57. The Labute approximate surface area is 86.8 Å². The highest BCUT2D eigenvalue weighted by atomic mass is 19.4. The minimum atomic E-state index is -5.44. The Balaban J connectivity index is 2.43. The molecular weight excluding hydrogens is 241 g/mol. The van der Waals surface area contributed by atoms with Crippen molar-refractivity contribution in [2.75, 3.05) is 0 Å². The lowest BCUT2D eigenvalue weighted by molar-refractivity contribution is -0.313. The molecule has 0 heterocycles. The van der Waals surface area contributed by atoms with Crippen molar-refractivity contribution in [3.05, 3.63) is 0 Å². The van der Waals surface area contributed by atoms with E-state index in [4.69, 9.17) is 0 Å². The van der Waals surface area contributed by atoms with Gasteiger partial charge in [0.1, 0.15) is 5.92 Å². The quantitative estimate of drug-likeness (QED) is 0.572. The van der Waals surface area contributed by atoms with E-state index in [-0.39, 0.29) is 19.3 Å². The molecule has 0 saturated heterocycles. The van der Waals surface area contributed by atoms with Crippen molar-refractivity contribution >= 4 is 0 Å². The lowest BCUT2D eigenvalue weighted by Crippen LogP contribution is -2.56. The topological polar surface area (TPSA) is 0 Å². The molecule has 16 heavy (non-hydrogen) atoms. The first-order valence-corrected chi connectivity index (χ1v) is 4.91. The molecule has 0 nitrogen and oxygen atoms in total. The van der Waals surface area contributed by atoms with Crippen molar-refractivity contribution in [2.45, 2.75) is 37.3 Å². The molecule has 2 saturated carbocycles. The molecule has 0 aromatic carbocycles. The smallest absolute Gasteiger partial charge is 0.233 e. The predicted molar refractivity (Wildman–Crippen MR) is 40.3 cm³/mol. The maximum absolute atomic E-state index is 13.8. The minimum absolute atomic E-state index is 0.0383. The molecule has 2 aliphatic rings. The van der Waals surface area contributed by atoms with Crippen LogP contribution in [0.5, 0.6) is 0 Å². The van der Waals surface area contributed by atoms with Gasteiger partial charge in [0, 0.05) is 5.92 Å². The summed E-state index contributed by atoms with van der Waals surface area (Å²) in [6.45, 7) is 0. The molecule has 0 radical (unpaired) electrons. The Morgan fingerprint density at radius 1 is 0.938 bits per heavy atom. The van der Waals surface area contributed by atoms with Crippen molar-refractivity contribution in [3.8, 4) is 0 Å². The van der Waals surface area contributed by atoms with Gasteiger partial charge in [0.15, 0.2) is 0 Å². The van der Waals surface area contributed by atoms with E-state index < -0.39 is 35.8 Å². The number of halogens is 7. The molecule has 0 spiro atoms. The first-order chi connectivity index (χ1) is 7.08. The summed E-state index contributed by atoms with van der Waals surface area (Å²) in [6, 6.07) is 0. The highest BCUT2D eigenvalue weighted by molar-refractivity contribution is 5.13. The van der Waals surface area contributed by atoms with Gasteiger partial charge in [-0.05, 0) is 25.2 Å². The van der Waals surface area contributed by atoms with Crippen LogP contribution in [0.1, 0.15) is 19.3 Å². The maximum Gasteiger partial charge on any atom is 0.423 e. The highest BCUT2D eigenvalue weighted by Crippen LogP contribution is 2.65. The largest absolute Gasteiger partial charge is 0.423 e. The van der Waals surface area contributed by atoms with Crippen LogP contribution in [-0.2, 0) is 0 Å². The lowest BCUT2D eigenvalue weighted by atomic mass is 9.76. The second-order valence-electron chi connectivity index (χ2n) is 4.56. The molecule has 0 aliphatic heterocycles.